The monoisotopic (exact) mass is 330 g/mol. The summed E-state index contributed by atoms with van der Waals surface area (Å²) < 4.78 is 27.8. The molecule has 1 N–H and O–H groups in total. The molecule has 2 aliphatic rings. The van der Waals surface area contributed by atoms with E-state index in [4.69, 9.17) is 0 Å². The van der Waals surface area contributed by atoms with Crippen LogP contribution < -0.4 is 5.32 Å². The maximum absolute atomic E-state index is 12.7. The lowest BCUT2D eigenvalue weighted by molar-refractivity contribution is 0.263. The van der Waals surface area contributed by atoms with Crippen LogP contribution in [0, 0.1) is 0 Å². The summed E-state index contributed by atoms with van der Waals surface area (Å²) in [5.41, 5.74) is 0. The van der Waals surface area contributed by atoms with E-state index in [9.17, 15) is 8.42 Å². The van der Waals surface area contributed by atoms with Crippen molar-refractivity contribution in [2.75, 3.05) is 13.1 Å². The van der Waals surface area contributed by atoms with Crippen LogP contribution in [-0.4, -0.2) is 37.9 Å². The Labute approximate surface area is 116 Å². The minimum Gasteiger partial charge on any atom is -0.314 e. The highest BCUT2D eigenvalue weighted by atomic mass is 79.9. The largest absolute Gasteiger partial charge is 0.314 e. The lowest BCUT2D eigenvalue weighted by Gasteiger charge is -2.34. The van der Waals surface area contributed by atoms with Gasteiger partial charge < -0.3 is 5.32 Å². The molecule has 98 valence electrons. The molecule has 2 aliphatic heterocycles. The van der Waals surface area contributed by atoms with Gasteiger partial charge in [-0.2, -0.15) is 4.31 Å². The Bertz CT molecular complexity index is 545. The van der Waals surface area contributed by atoms with Gasteiger partial charge in [0.15, 0.2) is 0 Å². The molecule has 1 aromatic carbocycles. The Kier molecular flexibility index (Phi) is 3.21. The van der Waals surface area contributed by atoms with Crippen molar-refractivity contribution in [3.05, 3.63) is 28.7 Å². The van der Waals surface area contributed by atoms with E-state index in [2.05, 4.69) is 21.2 Å². The van der Waals surface area contributed by atoms with Gasteiger partial charge in [-0.15, -0.1) is 0 Å². The first-order valence-corrected chi connectivity index (χ1v) is 8.33. The molecule has 18 heavy (non-hydrogen) atoms. The molecule has 0 aromatic heterocycles. The number of halogens is 1. The van der Waals surface area contributed by atoms with Crippen LogP contribution in [0.25, 0.3) is 0 Å². The Morgan fingerprint density at radius 1 is 1.17 bits per heavy atom. The molecule has 2 heterocycles. The minimum atomic E-state index is -3.38. The van der Waals surface area contributed by atoms with E-state index in [-0.39, 0.29) is 12.1 Å². The topological polar surface area (TPSA) is 49.4 Å². The lowest BCUT2D eigenvalue weighted by atomic mass is 10.2. The normalized spacial score (nSPS) is 28.5. The van der Waals surface area contributed by atoms with Crippen LogP contribution in [-0.2, 0) is 10.0 Å². The number of nitrogens with zero attached hydrogens (tertiary/aromatic N) is 1. The standard InChI is InChI=1S/C12H15BrN2O2S/c13-11-3-1-2-4-12(11)18(16,17)15-9-5-6-10(15)8-14-7-9/h1-4,9-10,14H,5-8H2. The predicted molar refractivity (Wildman–Crippen MR) is 72.8 cm³/mol. The number of nitrogens with one attached hydrogen (secondary N) is 1. The molecule has 2 saturated heterocycles. The second-order valence-corrected chi connectivity index (χ2v) is 7.47. The van der Waals surface area contributed by atoms with Crippen molar-refractivity contribution >= 4 is 26.0 Å². The van der Waals surface area contributed by atoms with Gasteiger partial charge in [0, 0.05) is 29.6 Å². The molecule has 0 aliphatic carbocycles. The number of fused-ring (bicyclic) bond motifs is 2. The summed E-state index contributed by atoms with van der Waals surface area (Å²) in [6.45, 7) is 1.53. The van der Waals surface area contributed by atoms with Crippen molar-refractivity contribution in [2.45, 2.75) is 29.8 Å². The molecule has 4 nitrogen and oxygen atoms in total. The summed E-state index contributed by atoms with van der Waals surface area (Å²) in [6.07, 6.45) is 1.92. The van der Waals surface area contributed by atoms with Crippen LogP contribution >= 0.6 is 15.9 Å². The van der Waals surface area contributed by atoms with Gasteiger partial charge in [-0.05, 0) is 40.9 Å². The van der Waals surface area contributed by atoms with E-state index >= 15 is 0 Å². The first-order valence-electron chi connectivity index (χ1n) is 6.09. The highest BCUT2D eigenvalue weighted by molar-refractivity contribution is 9.10. The van der Waals surface area contributed by atoms with E-state index in [1.807, 2.05) is 6.07 Å². The third-order valence-electron chi connectivity index (χ3n) is 3.70. The fourth-order valence-electron chi connectivity index (χ4n) is 2.90. The zero-order valence-corrected chi connectivity index (χ0v) is 12.2. The number of benzene rings is 1. The maximum Gasteiger partial charge on any atom is 0.244 e. The van der Waals surface area contributed by atoms with Crippen molar-refractivity contribution in [1.82, 2.24) is 9.62 Å². The van der Waals surface area contributed by atoms with E-state index in [1.165, 1.54) is 0 Å². The van der Waals surface area contributed by atoms with Crippen LogP contribution in [0.4, 0.5) is 0 Å². The Morgan fingerprint density at radius 3 is 2.39 bits per heavy atom. The third-order valence-corrected chi connectivity index (χ3v) is 6.72. The molecule has 0 spiro atoms. The number of hydrogen-bond acceptors (Lipinski definition) is 3. The quantitative estimate of drug-likeness (QED) is 0.895. The minimum absolute atomic E-state index is 0.112. The van der Waals surface area contributed by atoms with Crippen molar-refractivity contribution < 1.29 is 8.42 Å². The summed E-state index contributed by atoms with van der Waals surface area (Å²) >= 11 is 3.34. The lowest BCUT2D eigenvalue weighted by Crippen LogP contribution is -2.54. The molecule has 6 heteroatoms. The predicted octanol–water partition coefficient (Wildman–Crippen LogP) is 1.57. The fourth-order valence-corrected chi connectivity index (χ4v) is 5.73. The average molecular weight is 331 g/mol. The highest BCUT2D eigenvalue weighted by Crippen LogP contribution is 2.34. The second-order valence-electron chi connectivity index (χ2n) is 4.81. The first-order chi connectivity index (χ1) is 8.60. The molecule has 2 unspecified atom stereocenters. The summed E-state index contributed by atoms with van der Waals surface area (Å²) in [5, 5.41) is 3.30. The third kappa shape index (κ3) is 1.91. The zero-order valence-electron chi connectivity index (χ0n) is 9.84. The number of hydrogen-bond donors (Lipinski definition) is 1. The first kappa shape index (κ1) is 12.6. The van der Waals surface area contributed by atoms with Gasteiger partial charge in [-0.3, -0.25) is 0 Å². The second kappa shape index (κ2) is 4.59. The molecule has 0 radical (unpaired) electrons. The van der Waals surface area contributed by atoms with Gasteiger partial charge in [-0.25, -0.2) is 8.42 Å². The average Bonchev–Trinajstić information content (AvgIpc) is 2.62. The van der Waals surface area contributed by atoms with Gasteiger partial charge in [0.1, 0.15) is 0 Å². The SMILES string of the molecule is O=S(=O)(c1ccccc1Br)N1C2CCC1CNC2. The molecule has 2 atom stereocenters. The smallest absolute Gasteiger partial charge is 0.244 e. The molecular formula is C12H15BrN2O2S. The summed E-state index contributed by atoms with van der Waals surface area (Å²) in [4.78, 5) is 0.379. The number of rotatable bonds is 2. The van der Waals surface area contributed by atoms with Gasteiger partial charge >= 0.3 is 0 Å². The molecule has 3 rings (SSSR count). The van der Waals surface area contributed by atoms with Gasteiger partial charge in [0.05, 0.1) is 4.90 Å². The van der Waals surface area contributed by atoms with Gasteiger partial charge in [0.2, 0.25) is 10.0 Å². The Morgan fingerprint density at radius 2 is 1.78 bits per heavy atom. The van der Waals surface area contributed by atoms with Crippen LogP contribution in [0.5, 0.6) is 0 Å². The number of sulfonamides is 1. The van der Waals surface area contributed by atoms with E-state index < -0.39 is 10.0 Å². The van der Waals surface area contributed by atoms with Crippen molar-refractivity contribution in [3.63, 3.8) is 0 Å². The van der Waals surface area contributed by atoms with Crippen LogP contribution in [0.2, 0.25) is 0 Å². The van der Waals surface area contributed by atoms with Crippen LogP contribution in [0.15, 0.2) is 33.6 Å². The summed E-state index contributed by atoms with van der Waals surface area (Å²) in [7, 11) is -3.38. The highest BCUT2D eigenvalue weighted by Gasteiger charge is 2.44. The van der Waals surface area contributed by atoms with E-state index in [0.29, 0.717) is 9.37 Å². The zero-order chi connectivity index (χ0) is 12.8. The summed E-state index contributed by atoms with van der Waals surface area (Å²) in [6, 6.07) is 7.26. The molecular weight excluding hydrogens is 316 g/mol. The van der Waals surface area contributed by atoms with Crippen molar-refractivity contribution in [2.24, 2.45) is 0 Å². The van der Waals surface area contributed by atoms with Gasteiger partial charge in [0.25, 0.3) is 0 Å². The Hall–Kier alpha value is -0.430. The molecule has 1 aromatic rings. The van der Waals surface area contributed by atoms with Crippen molar-refractivity contribution in [3.8, 4) is 0 Å². The Balaban J connectivity index is 2.03. The number of piperazine rings is 1. The van der Waals surface area contributed by atoms with Gasteiger partial charge in [-0.1, -0.05) is 12.1 Å². The van der Waals surface area contributed by atoms with E-state index in [0.717, 1.165) is 25.9 Å². The van der Waals surface area contributed by atoms with Crippen LogP contribution in [0.1, 0.15) is 12.8 Å². The molecule has 0 saturated carbocycles. The maximum atomic E-state index is 12.7. The fraction of sp³-hybridized carbons (Fsp3) is 0.500. The molecule has 2 fully saturated rings. The van der Waals surface area contributed by atoms with Crippen molar-refractivity contribution in [1.29, 1.82) is 0 Å². The van der Waals surface area contributed by atoms with Crippen LogP contribution in [0.3, 0.4) is 0 Å². The summed E-state index contributed by atoms with van der Waals surface area (Å²) in [5.74, 6) is 0. The molecule has 0 amide bonds. The molecule has 2 bridgehead atoms. The van der Waals surface area contributed by atoms with E-state index in [1.54, 1.807) is 22.5 Å².